The van der Waals surface area contributed by atoms with Gasteiger partial charge in [-0.2, -0.15) is 0 Å². The van der Waals surface area contributed by atoms with Gasteiger partial charge in [-0.05, 0) is 36.8 Å². The van der Waals surface area contributed by atoms with E-state index in [1.165, 1.54) is 29.2 Å². The Kier molecular flexibility index (Phi) is 5.73. The number of aliphatic imine (C=N–C) groups is 1. The molecule has 1 aliphatic rings. The van der Waals surface area contributed by atoms with Crippen molar-refractivity contribution in [2.45, 2.75) is 18.5 Å². The molecule has 32 heavy (non-hydrogen) atoms. The standard InChI is InChI=1S/C25H21FN2O4/c1-2-32-23(29)21-25(24(30)31,18-11-7-4-8-12-18)27-22(17-9-5-3-6-10-17)28(21)20-15-13-19(26)14-16-20/h3-16,21H,2H2,1H3,(H,30,31)/t21-,25+/m1/s1. The maximum Gasteiger partial charge on any atom is 0.339 e. The summed E-state index contributed by atoms with van der Waals surface area (Å²) >= 11 is 0. The number of aliphatic carboxylic acids is 1. The number of carboxylic acids is 1. The molecule has 0 fully saturated rings. The van der Waals surface area contributed by atoms with Crippen LogP contribution in [0.15, 0.2) is 89.9 Å². The highest BCUT2D eigenvalue weighted by molar-refractivity contribution is 6.18. The second-order valence-corrected chi connectivity index (χ2v) is 7.24. The molecule has 0 aromatic heterocycles. The first-order valence-electron chi connectivity index (χ1n) is 10.1. The summed E-state index contributed by atoms with van der Waals surface area (Å²) in [6.45, 7) is 1.72. The van der Waals surface area contributed by atoms with Crippen LogP contribution in [0.3, 0.4) is 0 Å². The zero-order chi connectivity index (χ0) is 22.7. The summed E-state index contributed by atoms with van der Waals surface area (Å²) in [6, 6.07) is 21.5. The molecule has 0 saturated carbocycles. The van der Waals surface area contributed by atoms with Gasteiger partial charge in [0.2, 0.25) is 5.54 Å². The number of ether oxygens (including phenoxy) is 1. The van der Waals surface area contributed by atoms with Gasteiger partial charge in [0.1, 0.15) is 11.7 Å². The first kappa shape index (κ1) is 21.2. The fourth-order valence-electron chi connectivity index (χ4n) is 3.96. The van der Waals surface area contributed by atoms with E-state index in [2.05, 4.69) is 4.99 Å². The van der Waals surface area contributed by atoms with Crippen LogP contribution in [0, 0.1) is 5.82 Å². The Bertz CT molecular complexity index is 1150. The van der Waals surface area contributed by atoms with E-state index in [9.17, 15) is 19.1 Å². The molecule has 0 radical (unpaired) electrons. The van der Waals surface area contributed by atoms with E-state index in [1.807, 2.05) is 6.07 Å². The second-order valence-electron chi connectivity index (χ2n) is 7.24. The molecule has 3 aromatic carbocycles. The van der Waals surface area contributed by atoms with Crippen LogP contribution >= 0.6 is 0 Å². The number of esters is 1. The molecule has 6 nitrogen and oxygen atoms in total. The van der Waals surface area contributed by atoms with Crippen molar-refractivity contribution in [2.24, 2.45) is 4.99 Å². The van der Waals surface area contributed by atoms with Crippen LogP contribution in [0.5, 0.6) is 0 Å². The lowest BCUT2D eigenvalue weighted by molar-refractivity contribution is -0.154. The fraction of sp³-hybridized carbons (Fsp3) is 0.160. The van der Waals surface area contributed by atoms with E-state index in [4.69, 9.17) is 4.74 Å². The Morgan fingerprint density at radius 2 is 1.59 bits per heavy atom. The van der Waals surface area contributed by atoms with E-state index in [-0.39, 0.29) is 12.4 Å². The zero-order valence-corrected chi connectivity index (χ0v) is 17.3. The van der Waals surface area contributed by atoms with Gasteiger partial charge in [0.15, 0.2) is 6.04 Å². The van der Waals surface area contributed by atoms with Gasteiger partial charge in [0.25, 0.3) is 0 Å². The number of halogens is 1. The van der Waals surface area contributed by atoms with Crippen molar-refractivity contribution >= 4 is 23.5 Å². The number of benzene rings is 3. The van der Waals surface area contributed by atoms with Crippen molar-refractivity contribution in [1.82, 2.24) is 0 Å². The predicted molar refractivity (Wildman–Crippen MR) is 118 cm³/mol. The number of carboxylic acid groups (broad SMARTS) is 1. The fourth-order valence-corrected chi connectivity index (χ4v) is 3.96. The van der Waals surface area contributed by atoms with E-state index in [0.717, 1.165) is 0 Å². The van der Waals surface area contributed by atoms with Gasteiger partial charge in [0, 0.05) is 11.3 Å². The van der Waals surface area contributed by atoms with Gasteiger partial charge < -0.3 is 14.7 Å². The molecule has 1 aliphatic heterocycles. The molecule has 1 heterocycles. The maximum atomic E-state index is 13.7. The Balaban J connectivity index is 2.03. The lowest BCUT2D eigenvalue weighted by Crippen LogP contribution is -2.55. The first-order valence-corrected chi connectivity index (χ1v) is 10.1. The number of hydrogen-bond acceptors (Lipinski definition) is 5. The monoisotopic (exact) mass is 432 g/mol. The van der Waals surface area contributed by atoms with Crippen molar-refractivity contribution in [3.63, 3.8) is 0 Å². The van der Waals surface area contributed by atoms with Gasteiger partial charge in [-0.25, -0.2) is 19.0 Å². The normalized spacial score (nSPS) is 20.0. The predicted octanol–water partition coefficient (Wildman–Crippen LogP) is 4.00. The van der Waals surface area contributed by atoms with Crippen molar-refractivity contribution in [3.8, 4) is 0 Å². The van der Waals surface area contributed by atoms with Gasteiger partial charge in [-0.3, -0.25) is 0 Å². The number of anilines is 1. The van der Waals surface area contributed by atoms with E-state index < -0.39 is 29.3 Å². The minimum absolute atomic E-state index is 0.0672. The lowest BCUT2D eigenvalue weighted by Gasteiger charge is -2.33. The van der Waals surface area contributed by atoms with Gasteiger partial charge in [0.05, 0.1) is 6.61 Å². The average Bonchev–Trinajstić information content (AvgIpc) is 3.18. The first-order chi connectivity index (χ1) is 15.5. The summed E-state index contributed by atoms with van der Waals surface area (Å²) in [4.78, 5) is 32.3. The summed E-state index contributed by atoms with van der Waals surface area (Å²) < 4.78 is 19.0. The highest BCUT2D eigenvalue weighted by atomic mass is 19.1. The van der Waals surface area contributed by atoms with Crippen molar-refractivity contribution < 1.29 is 23.8 Å². The molecule has 0 unspecified atom stereocenters. The average molecular weight is 432 g/mol. The van der Waals surface area contributed by atoms with Crippen LogP contribution < -0.4 is 4.90 Å². The van der Waals surface area contributed by atoms with Crippen LogP contribution in [0.4, 0.5) is 10.1 Å². The van der Waals surface area contributed by atoms with Crippen molar-refractivity contribution in [1.29, 1.82) is 0 Å². The van der Waals surface area contributed by atoms with Crippen LogP contribution in [0.1, 0.15) is 18.1 Å². The molecule has 0 bridgehead atoms. The lowest BCUT2D eigenvalue weighted by atomic mass is 9.83. The van der Waals surface area contributed by atoms with Crippen LogP contribution in [0.25, 0.3) is 0 Å². The summed E-state index contributed by atoms with van der Waals surface area (Å²) in [5.41, 5.74) is -0.590. The number of carbonyl (C=O) groups excluding carboxylic acids is 1. The topological polar surface area (TPSA) is 79.2 Å². The Hall–Kier alpha value is -4.00. The number of hydrogen-bond donors (Lipinski definition) is 1. The minimum Gasteiger partial charge on any atom is -0.479 e. The summed E-state index contributed by atoms with van der Waals surface area (Å²) in [5, 5.41) is 10.5. The Morgan fingerprint density at radius 3 is 2.16 bits per heavy atom. The molecule has 0 saturated heterocycles. The van der Waals surface area contributed by atoms with Crippen molar-refractivity contribution in [2.75, 3.05) is 11.5 Å². The molecule has 0 aliphatic carbocycles. The number of nitrogens with zero attached hydrogens (tertiary/aromatic N) is 2. The molecule has 1 N–H and O–H groups in total. The van der Waals surface area contributed by atoms with E-state index >= 15 is 0 Å². The Morgan fingerprint density at radius 1 is 1.00 bits per heavy atom. The van der Waals surface area contributed by atoms with Gasteiger partial charge >= 0.3 is 11.9 Å². The molecule has 7 heteroatoms. The molecule has 4 rings (SSSR count). The largest absolute Gasteiger partial charge is 0.479 e. The molecule has 0 amide bonds. The van der Waals surface area contributed by atoms with Crippen LogP contribution in [-0.2, 0) is 19.9 Å². The van der Waals surface area contributed by atoms with Crippen LogP contribution in [0.2, 0.25) is 0 Å². The van der Waals surface area contributed by atoms with Gasteiger partial charge in [-0.15, -0.1) is 0 Å². The SMILES string of the molecule is CCOC(=O)[C@H]1N(c2ccc(F)cc2)C(c2ccccc2)=N[C@@]1(C(=O)O)c1ccccc1. The summed E-state index contributed by atoms with van der Waals surface area (Å²) in [5.74, 6) is -2.20. The molecular formula is C25H21FN2O4. The van der Waals surface area contributed by atoms with Gasteiger partial charge in [-0.1, -0.05) is 60.7 Å². The van der Waals surface area contributed by atoms with E-state index in [0.29, 0.717) is 16.8 Å². The van der Waals surface area contributed by atoms with Crippen LogP contribution in [-0.4, -0.2) is 35.5 Å². The zero-order valence-electron chi connectivity index (χ0n) is 17.3. The molecule has 0 spiro atoms. The highest BCUT2D eigenvalue weighted by Gasteiger charge is 2.60. The van der Waals surface area contributed by atoms with Crippen molar-refractivity contribution in [3.05, 3.63) is 102 Å². The Labute approximate surface area is 184 Å². The third kappa shape index (κ3) is 3.51. The molecular weight excluding hydrogens is 411 g/mol. The summed E-state index contributed by atoms with van der Waals surface area (Å²) in [7, 11) is 0. The number of carbonyl (C=O) groups is 2. The molecule has 2 atom stereocenters. The third-order valence-corrected chi connectivity index (χ3v) is 5.35. The highest BCUT2D eigenvalue weighted by Crippen LogP contribution is 2.43. The molecule has 162 valence electrons. The summed E-state index contributed by atoms with van der Waals surface area (Å²) in [6.07, 6.45) is 0. The third-order valence-electron chi connectivity index (χ3n) is 5.35. The quantitative estimate of drug-likeness (QED) is 0.596. The van der Waals surface area contributed by atoms with E-state index in [1.54, 1.807) is 61.5 Å². The maximum absolute atomic E-state index is 13.7. The minimum atomic E-state index is -1.97. The molecule has 3 aromatic rings. The second kappa shape index (κ2) is 8.63. The number of rotatable bonds is 6. The smallest absolute Gasteiger partial charge is 0.339 e. The number of amidine groups is 1.